The highest BCUT2D eigenvalue weighted by Crippen LogP contribution is 2.37. The number of carbonyl (C=O) groups excluding carboxylic acids is 3. The first-order valence-corrected chi connectivity index (χ1v) is 15.5. The van der Waals surface area contributed by atoms with E-state index in [0.29, 0.717) is 16.8 Å². The third-order valence-electron chi connectivity index (χ3n) is 7.05. The predicted octanol–water partition coefficient (Wildman–Crippen LogP) is 8.32. The normalized spacial score (nSPS) is 11.8. The van der Waals surface area contributed by atoms with Crippen LogP contribution in [0, 0.1) is 19.7 Å². The molecule has 46 heavy (non-hydrogen) atoms. The van der Waals surface area contributed by atoms with Crippen molar-refractivity contribution in [1.82, 2.24) is 5.32 Å². The number of nitrogens with one attached hydrogen (secondary N) is 3. The second-order valence-corrected chi connectivity index (χ2v) is 11.8. The number of amides is 3. The van der Waals surface area contributed by atoms with E-state index in [1.54, 1.807) is 48.5 Å². The molecule has 3 N–H and O–H groups in total. The van der Waals surface area contributed by atoms with Crippen molar-refractivity contribution >= 4 is 46.9 Å². The lowest BCUT2D eigenvalue weighted by molar-refractivity contribution is -0.116. The summed E-state index contributed by atoms with van der Waals surface area (Å²) in [5.41, 5.74) is 4.95. The van der Waals surface area contributed by atoms with E-state index in [-0.39, 0.29) is 11.6 Å². The Morgan fingerprint density at radius 2 is 1.43 bits per heavy atom. The lowest BCUT2D eigenvalue weighted by Gasteiger charge is -2.19. The molecule has 8 heteroatoms. The van der Waals surface area contributed by atoms with Gasteiger partial charge in [0, 0.05) is 21.8 Å². The number of aryl methyl sites for hydroxylation is 2. The minimum atomic E-state index is -0.578. The molecule has 0 fully saturated rings. The van der Waals surface area contributed by atoms with Crippen molar-refractivity contribution in [2.45, 2.75) is 24.0 Å². The smallest absolute Gasteiger partial charge is 0.272 e. The average Bonchev–Trinajstić information content (AvgIpc) is 3.07. The molecule has 5 aromatic rings. The van der Waals surface area contributed by atoms with Crippen LogP contribution >= 0.6 is 11.8 Å². The van der Waals surface area contributed by atoms with E-state index < -0.39 is 22.9 Å². The molecule has 5 rings (SSSR count). The highest BCUT2D eigenvalue weighted by atomic mass is 32.2. The maximum atomic E-state index is 13.7. The van der Waals surface area contributed by atoms with Crippen LogP contribution in [0.25, 0.3) is 6.08 Å². The quantitative estimate of drug-likeness (QED) is 0.107. The van der Waals surface area contributed by atoms with Crippen LogP contribution in [0.5, 0.6) is 0 Å². The Hall–Kier alpha value is -5.47. The fourth-order valence-electron chi connectivity index (χ4n) is 4.62. The predicted molar refractivity (Wildman–Crippen MR) is 183 cm³/mol. The van der Waals surface area contributed by atoms with Crippen LogP contribution in [0.1, 0.15) is 37.9 Å². The van der Waals surface area contributed by atoms with Crippen molar-refractivity contribution in [3.05, 3.63) is 167 Å². The minimum absolute atomic E-state index is 0.0198. The summed E-state index contributed by atoms with van der Waals surface area (Å²) in [6.45, 7) is 3.93. The second-order valence-electron chi connectivity index (χ2n) is 10.6. The highest BCUT2D eigenvalue weighted by molar-refractivity contribution is 8.00. The van der Waals surface area contributed by atoms with Crippen LogP contribution in [0.4, 0.5) is 15.8 Å². The van der Waals surface area contributed by atoms with Crippen molar-refractivity contribution in [3.8, 4) is 0 Å². The Kier molecular flexibility index (Phi) is 10.4. The van der Waals surface area contributed by atoms with Crippen molar-refractivity contribution in [2.24, 2.45) is 0 Å². The van der Waals surface area contributed by atoms with Crippen LogP contribution in [-0.2, 0) is 9.59 Å². The molecule has 0 aliphatic rings. The van der Waals surface area contributed by atoms with Gasteiger partial charge in [-0.2, -0.15) is 0 Å². The second kappa shape index (κ2) is 15.0. The standard InChI is InChI=1S/C38H32FN3O3S/c1-25-16-17-26(2)33(22-25)41-38(45)35(28-10-5-3-6-11-28)46-32-15-9-14-31(24-32)40-37(44)34(23-27-18-20-30(39)21-19-27)42-36(43)29-12-7-4-8-13-29/h3-24,35H,1-2H3,(H,40,44)(H,41,45)(H,42,43)/b34-23-. The number of halogens is 1. The molecule has 0 radical (unpaired) electrons. The fourth-order valence-corrected chi connectivity index (χ4v) is 5.70. The molecule has 230 valence electrons. The Morgan fingerprint density at radius 1 is 0.739 bits per heavy atom. The molecule has 1 atom stereocenters. The highest BCUT2D eigenvalue weighted by Gasteiger charge is 2.23. The molecule has 0 aromatic heterocycles. The van der Waals surface area contributed by atoms with Gasteiger partial charge in [-0.15, -0.1) is 11.8 Å². The van der Waals surface area contributed by atoms with Crippen molar-refractivity contribution < 1.29 is 18.8 Å². The van der Waals surface area contributed by atoms with Gasteiger partial charge >= 0.3 is 0 Å². The van der Waals surface area contributed by atoms with Crippen LogP contribution in [0.2, 0.25) is 0 Å². The molecule has 0 aliphatic heterocycles. The number of hydrogen-bond acceptors (Lipinski definition) is 4. The van der Waals surface area contributed by atoms with Gasteiger partial charge in [0.05, 0.1) is 0 Å². The van der Waals surface area contributed by atoms with E-state index in [9.17, 15) is 18.8 Å². The monoisotopic (exact) mass is 629 g/mol. The Bertz CT molecular complexity index is 1880. The lowest BCUT2D eigenvalue weighted by Crippen LogP contribution is -2.30. The van der Waals surface area contributed by atoms with Crippen LogP contribution in [0.15, 0.2) is 138 Å². The third kappa shape index (κ3) is 8.58. The summed E-state index contributed by atoms with van der Waals surface area (Å²) in [6.07, 6.45) is 1.48. The zero-order valence-corrected chi connectivity index (χ0v) is 26.1. The summed E-state index contributed by atoms with van der Waals surface area (Å²) in [5.74, 6) is -1.62. The summed E-state index contributed by atoms with van der Waals surface area (Å²) in [6, 6.07) is 36.7. The number of benzene rings is 5. The van der Waals surface area contributed by atoms with E-state index in [1.807, 2.05) is 68.4 Å². The van der Waals surface area contributed by atoms with Gasteiger partial charge in [0.1, 0.15) is 16.8 Å². The maximum Gasteiger partial charge on any atom is 0.272 e. The Labute approximate surface area is 271 Å². The van der Waals surface area contributed by atoms with E-state index in [1.165, 1.54) is 42.1 Å². The number of carbonyl (C=O) groups is 3. The molecule has 0 heterocycles. The van der Waals surface area contributed by atoms with Gasteiger partial charge in [-0.25, -0.2) is 4.39 Å². The van der Waals surface area contributed by atoms with Crippen LogP contribution in [-0.4, -0.2) is 17.7 Å². The first-order valence-electron chi connectivity index (χ1n) is 14.6. The first-order chi connectivity index (χ1) is 22.2. The molecule has 0 aliphatic carbocycles. The molecule has 0 spiro atoms. The molecule has 6 nitrogen and oxygen atoms in total. The van der Waals surface area contributed by atoms with Gasteiger partial charge in [-0.3, -0.25) is 14.4 Å². The van der Waals surface area contributed by atoms with Gasteiger partial charge in [0.2, 0.25) is 5.91 Å². The summed E-state index contributed by atoms with van der Waals surface area (Å²) in [7, 11) is 0. The lowest BCUT2D eigenvalue weighted by atomic mass is 10.1. The van der Waals surface area contributed by atoms with E-state index >= 15 is 0 Å². The molecule has 5 aromatic carbocycles. The van der Waals surface area contributed by atoms with Gasteiger partial charge in [-0.05, 0) is 90.7 Å². The van der Waals surface area contributed by atoms with Crippen LogP contribution in [0.3, 0.4) is 0 Å². The summed E-state index contributed by atoms with van der Waals surface area (Å²) in [5, 5.41) is 8.06. The number of thioether (sulfide) groups is 1. The molecule has 0 saturated carbocycles. The third-order valence-corrected chi connectivity index (χ3v) is 8.30. The largest absolute Gasteiger partial charge is 0.325 e. The number of anilines is 2. The summed E-state index contributed by atoms with van der Waals surface area (Å²) in [4.78, 5) is 40.9. The number of hydrogen-bond donors (Lipinski definition) is 3. The summed E-state index contributed by atoms with van der Waals surface area (Å²) < 4.78 is 13.5. The molecule has 1 unspecified atom stereocenters. The van der Waals surface area contributed by atoms with Crippen molar-refractivity contribution in [2.75, 3.05) is 10.6 Å². The van der Waals surface area contributed by atoms with Gasteiger partial charge in [0.25, 0.3) is 11.8 Å². The maximum absolute atomic E-state index is 13.7. The molecule has 3 amide bonds. The summed E-state index contributed by atoms with van der Waals surface area (Å²) >= 11 is 1.36. The van der Waals surface area contributed by atoms with Gasteiger partial charge in [0.15, 0.2) is 0 Å². The number of rotatable bonds is 10. The zero-order valence-electron chi connectivity index (χ0n) is 25.3. The van der Waals surface area contributed by atoms with E-state index in [0.717, 1.165) is 27.3 Å². The molecular formula is C38H32FN3O3S. The Morgan fingerprint density at radius 3 is 2.15 bits per heavy atom. The van der Waals surface area contributed by atoms with E-state index in [2.05, 4.69) is 16.0 Å². The molecule has 0 saturated heterocycles. The van der Waals surface area contributed by atoms with Gasteiger partial charge in [-0.1, -0.05) is 78.9 Å². The van der Waals surface area contributed by atoms with Gasteiger partial charge < -0.3 is 16.0 Å². The zero-order chi connectivity index (χ0) is 32.5. The van der Waals surface area contributed by atoms with Crippen molar-refractivity contribution in [1.29, 1.82) is 0 Å². The van der Waals surface area contributed by atoms with E-state index in [4.69, 9.17) is 0 Å². The minimum Gasteiger partial charge on any atom is -0.325 e. The van der Waals surface area contributed by atoms with Crippen molar-refractivity contribution in [3.63, 3.8) is 0 Å². The molecule has 0 bridgehead atoms. The first kappa shape index (κ1) is 31.9. The topological polar surface area (TPSA) is 87.3 Å². The Balaban J connectivity index is 1.38. The van der Waals surface area contributed by atoms with Crippen LogP contribution < -0.4 is 16.0 Å². The fraction of sp³-hybridized carbons (Fsp3) is 0.0789. The molecular weight excluding hydrogens is 598 g/mol. The average molecular weight is 630 g/mol. The SMILES string of the molecule is Cc1ccc(C)c(NC(=O)C(Sc2cccc(NC(=O)/C(=C/c3ccc(F)cc3)NC(=O)c3ccccc3)c2)c2ccccc2)c1.